The van der Waals surface area contributed by atoms with Gasteiger partial charge in [-0.25, -0.2) is 4.79 Å². The molecule has 0 radical (unpaired) electrons. The van der Waals surface area contributed by atoms with Crippen molar-refractivity contribution in [1.82, 2.24) is 14.7 Å². The fourth-order valence-corrected chi connectivity index (χ4v) is 3.14. The van der Waals surface area contributed by atoms with Crippen molar-refractivity contribution in [1.29, 1.82) is 0 Å². The summed E-state index contributed by atoms with van der Waals surface area (Å²) in [6.45, 7) is 3.27. The number of carboxylic acids is 1. The molecule has 0 aromatic carbocycles. The lowest BCUT2D eigenvalue weighted by Crippen LogP contribution is -2.43. The number of hydrogen-bond acceptors (Lipinski definition) is 4. The monoisotopic (exact) mass is 311 g/mol. The van der Waals surface area contributed by atoms with E-state index in [0.717, 1.165) is 18.5 Å². The van der Waals surface area contributed by atoms with E-state index < -0.39 is 5.97 Å². The van der Waals surface area contributed by atoms with Gasteiger partial charge in [0.05, 0.1) is 6.54 Å². The first kappa shape index (κ1) is 15.8. The summed E-state index contributed by atoms with van der Waals surface area (Å²) in [5, 5.41) is 12.9. The van der Waals surface area contributed by atoms with Gasteiger partial charge in [-0.2, -0.15) is 11.3 Å². The lowest BCUT2D eigenvalue weighted by Gasteiger charge is -2.27. The van der Waals surface area contributed by atoms with Gasteiger partial charge < -0.3 is 14.9 Å². The third kappa shape index (κ3) is 4.71. The lowest BCUT2D eigenvalue weighted by atomic mass is 10.3. The molecular formula is C14H21N3O3S. The molecule has 1 aromatic heterocycles. The van der Waals surface area contributed by atoms with Gasteiger partial charge in [-0.05, 0) is 28.8 Å². The van der Waals surface area contributed by atoms with Crippen molar-refractivity contribution >= 4 is 23.3 Å². The van der Waals surface area contributed by atoms with E-state index in [1.807, 2.05) is 26.6 Å². The third-order valence-electron chi connectivity index (χ3n) is 3.54. The average molecular weight is 311 g/mol. The van der Waals surface area contributed by atoms with Gasteiger partial charge in [-0.15, -0.1) is 0 Å². The number of hydrogen-bond donors (Lipinski definition) is 1. The second-order valence-electron chi connectivity index (χ2n) is 5.28. The fourth-order valence-electron chi connectivity index (χ4n) is 2.48. The lowest BCUT2D eigenvalue weighted by molar-refractivity contribution is -0.138. The van der Waals surface area contributed by atoms with Crippen molar-refractivity contribution in [2.24, 2.45) is 0 Å². The van der Waals surface area contributed by atoms with Gasteiger partial charge in [0, 0.05) is 39.8 Å². The van der Waals surface area contributed by atoms with Crippen LogP contribution in [0.4, 0.5) is 4.79 Å². The Morgan fingerprint density at radius 2 is 2.14 bits per heavy atom. The predicted molar refractivity (Wildman–Crippen MR) is 81.4 cm³/mol. The van der Waals surface area contributed by atoms with Gasteiger partial charge in [0.2, 0.25) is 0 Å². The SMILES string of the molecule is CN(Cc1ccsc1)C(=O)N1CCCN(CC(=O)O)CC1. The molecule has 1 N–H and O–H groups in total. The summed E-state index contributed by atoms with van der Waals surface area (Å²) in [7, 11) is 1.81. The number of rotatable bonds is 4. The number of urea groups is 1. The second kappa shape index (κ2) is 7.42. The summed E-state index contributed by atoms with van der Waals surface area (Å²) in [4.78, 5) is 28.6. The molecule has 0 bridgehead atoms. The molecule has 1 aliphatic heterocycles. The number of carbonyl (C=O) groups excluding carboxylic acids is 1. The molecule has 2 heterocycles. The minimum absolute atomic E-state index is 0.0124. The van der Waals surface area contributed by atoms with E-state index in [2.05, 4.69) is 0 Å². The minimum atomic E-state index is -0.815. The molecule has 2 amide bonds. The van der Waals surface area contributed by atoms with E-state index in [0.29, 0.717) is 26.2 Å². The first-order chi connectivity index (χ1) is 10.1. The maximum atomic E-state index is 12.4. The van der Waals surface area contributed by atoms with Gasteiger partial charge in [0.25, 0.3) is 0 Å². The Labute approximate surface area is 128 Å². The van der Waals surface area contributed by atoms with Crippen molar-refractivity contribution in [3.8, 4) is 0 Å². The van der Waals surface area contributed by atoms with E-state index >= 15 is 0 Å². The summed E-state index contributed by atoms with van der Waals surface area (Å²) in [5.41, 5.74) is 1.14. The molecule has 0 saturated carbocycles. The zero-order valence-electron chi connectivity index (χ0n) is 12.2. The molecule has 21 heavy (non-hydrogen) atoms. The Kier molecular flexibility index (Phi) is 5.58. The van der Waals surface area contributed by atoms with Crippen LogP contribution < -0.4 is 0 Å². The molecule has 0 aliphatic carbocycles. The first-order valence-electron chi connectivity index (χ1n) is 7.01. The van der Waals surface area contributed by atoms with Gasteiger partial charge in [-0.1, -0.05) is 0 Å². The van der Waals surface area contributed by atoms with Gasteiger partial charge >= 0.3 is 12.0 Å². The molecular weight excluding hydrogens is 290 g/mol. The number of aliphatic carboxylic acids is 1. The number of carboxylic acid groups (broad SMARTS) is 1. The Morgan fingerprint density at radius 3 is 2.81 bits per heavy atom. The van der Waals surface area contributed by atoms with Crippen molar-refractivity contribution in [2.75, 3.05) is 39.8 Å². The van der Waals surface area contributed by atoms with Crippen molar-refractivity contribution in [3.05, 3.63) is 22.4 Å². The fraction of sp³-hybridized carbons (Fsp3) is 0.571. The zero-order chi connectivity index (χ0) is 15.2. The van der Waals surface area contributed by atoms with E-state index in [9.17, 15) is 9.59 Å². The van der Waals surface area contributed by atoms with Crippen LogP contribution >= 0.6 is 11.3 Å². The van der Waals surface area contributed by atoms with E-state index in [1.165, 1.54) is 0 Å². The summed E-state index contributed by atoms with van der Waals surface area (Å²) in [5.74, 6) is -0.815. The van der Waals surface area contributed by atoms with E-state index in [1.54, 1.807) is 23.3 Å². The van der Waals surface area contributed by atoms with Crippen LogP contribution in [-0.4, -0.2) is 71.6 Å². The van der Waals surface area contributed by atoms with Crippen LogP contribution in [0.5, 0.6) is 0 Å². The number of thiophene rings is 1. The van der Waals surface area contributed by atoms with E-state index in [4.69, 9.17) is 5.11 Å². The largest absolute Gasteiger partial charge is 0.480 e. The predicted octanol–water partition coefficient (Wildman–Crippen LogP) is 1.39. The van der Waals surface area contributed by atoms with Crippen LogP contribution in [0.25, 0.3) is 0 Å². The summed E-state index contributed by atoms with van der Waals surface area (Å²) < 4.78 is 0. The quantitative estimate of drug-likeness (QED) is 0.913. The average Bonchev–Trinajstić information content (AvgIpc) is 2.83. The summed E-state index contributed by atoms with van der Waals surface area (Å²) >= 11 is 1.62. The Hall–Kier alpha value is -1.60. The summed E-state index contributed by atoms with van der Waals surface area (Å²) in [6, 6.07) is 2.03. The molecule has 0 unspecified atom stereocenters. The molecule has 1 saturated heterocycles. The highest BCUT2D eigenvalue weighted by molar-refractivity contribution is 7.07. The summed E-state index contributed by atoms with van der Waals surface area (Å²) in [6.07, 6.45) is 0.811. The highest BCUT2D eigenvalue weighted by Crippen LogP contribution is 2.11. The number of amides is 2. The Balaban J connectivity index is 1.86. The Bertz CT molecular complexity index is 478. The molecule has 6 nitrogen and oxygen atoms in total. The molecule has 1 aliphatic rings. The maximum Gasteiger partial charge on any atom is 0.320 e. The maximum absolute atomic E-state index is 12.4. The van der Waals surface area contributed by atoms with Crippen molar-refractivity contribution < 1.29 is 14.7 Å². The highest BCUT2D eigenvalue weighted by Gasteiger charge is 2.22. The molecule has 1 aromatic rings. The van der Waals surface area contributed by atoms with Gasteiger partial charge in [-0.3, -0.25) is 9.69 Å². The molecule has 7 heteroatoms. The minimum Gasteiger partial charge on any atom is -0.480 e. The van der Waals surface area contributed by atoms with Crippen molar-refractivity contribution in [3.63, 3.8) is 0 Å². The van der Waals surface area contributed by atoms with Crippen LogP contribution in [0, 0.1) is 0 Å². The standard InChI is InChI=1S/C14H21N3O3S/c1-15(9-12-3-8-21-11-12)14(20)17-5-2-4-16(6-7-17)10-13(18)19/h3,8,11H,2,4-7,9-10H2,1H3,(H,18,19). The van der Waals surface area contributed by atoms with Gasteiger partial charge in [0.15, 0.2) is 0 Å². The number of nitrogens with zero attached hydrogens (tertiary/aromatic N) is 3. The smallest absolute Gasteiger partial charge is 0.320 e. The van der Waals surface area contributed by atoms with Crippen LogP contribution in [0.15, 0.2) is 16.8 Å². The zero-order valence-corrected chi connectivity index (χ0v) is 13.0. The molecule has 0 atom stereocenters. The van der Waals surface area contributed by atoms with Crippen LogP contribution in [0.3, 0.4) is 0 Å². The molecule has 0 spiro atoms. The highest BCUT2D eigenvalue weighted by atomic mass is 32.1. The molecule has 1 fully saturated rings. The van der Waals surface area contributed by atoms with Gasteiger partial charge in [0.1, 0.15) is 0 Å². The van der Waals surface area contributed by atoms with Crippen LogP contribution in [-0.2, 0) is 11.3 Å². The normalized spacial score (nSPS) is 16.5. The second-order valence-corrected chi connectivity index (χ2v) is 6.06. The van der Waals surface area contributed by atoms with E-state index in [-0.39, 0.29) is 12.6 Å². The topological polar surface area (TPSA) is 64.1 Å². The number of carbonyl (C=O) groups is 2. The molecule has 2 rings (SSSR count). The van der Waals surface area contributed by atoms with Crippen molar-refractivity contribution in [2.45, 2.75) is 13.0 Å². The third-order valence-corrected chi connectivity index (χ3v) is 4.28. The molecule has 116 valence electrons. The first-order valence-corrected chi connectivity index (χ1v) is 7.96. The van der Waals surface area contributed by atoms with Crippen LogP contribution in [0.2, 0.25) is 0 Å². The van der Waals surface area contributed by atoms with Crippen LogP contribution in [0.1, 0.15) is 12.0 Å². The Morgan fingerprint density at radius 1 is 1.33 bits per heavy atom.